The van der Waals surface area contributed by atoms with Crippen molar-refractivity contribution in [2.75, 3.05) is 0 Å². The van der Waals surface area contributed by atoms with E-state index in [2.05, 4.69) is 4.94 Å². The van der Waals surface area contributed by atoms with Gasteiger partial charge in [0.15, 0.2) is 0 Å². The fourth-order valence-corrected chi connectivity index (χ4v) is 0.818. The lowest BCUT2D eigenvalue weighted by atomic mass is 10.2. The quantitative estimate of drug-likeness (QED) is 0.710. The first-order chi connectivity index (χ1) is 6.22. The van der Waals surface area contributed by atoms with E-state index in [1.54, 1.807) is 12.1 Å². The van der Waals surface area contributed by atoms with Crippen molar-refractivity contribution in [1.29, 1.82) is 0 Å². The number of benzene rings is 1. The maximum absolute atomic E-state index is 11.2. The van der Waals surface area contributed by atoms with E-state index in [9.17, 15) is 9.32 Å². The van der Waals surface area contributed by atoms with Gasteiger partial charge < -0.3 is 5.11 Å². The second kappa shape index (κ2) is 4.25. The largest absolute Gasteiger partial charge is 0.508 e. The average Bonchev–Trinajstić information content (AvgIpc) is 2.14. The van der Waals surface area contributed by atoms with Gasteiger partial charge in [-0.2, -0.15) is 0 Å². The van der Waals surface area contributed by atoms with Crippen LogP contribution in [0.2, 0.25) is 0 Å². The molecule has 0 radical (unpaired) electrons. The predicted molar refractivity (Wildman–Crippen MR) is 44.3 cm³/mol. The number of carbonyl (C=O) groups is 1. The van der Waals surface area contributed by atoms with Crippen LogP contribution in [0.3, 0.4) is 0 Å². The minimum absolute atomic E-state index is 0.0794. The molecule has 1 aromatic carbocycles. The van der Waals surface area contributed by atoms with Gasteiger partial charge in [0.25, 0.3) is 0 Å². The third-order valence-electron chi connectivity index (χ3n) is 1.36. The number of aromatic hydroxyl groups is 1. The summed E-state index contributed by atoms with van der Waals surface area (Å²) in [5, 5.41) is 9.01. The van der Waals surface area contributed by atoms with Crippen LogP contribution in [0.4, 0.5) is 4.53 Å². The molecular weight excluding hydrogens is 175 g/mol. The molecule has 0 aromatic heterocycles. The minimum Gasteiger partial charge on any atom is -0.508 e. The SMILES string of the molecule is O=C(/C=C/c1cccc(O)c1)OF. The Labute approximate surface area is 74.0 Å². The molecule has 0 fully saturated rings. The molecule has 1 aromatic rings. The number of halogens is 1. The number of rotatable bonds is 2. The third kappa shape index (κ3) is 2.94. The van der Waals surface area contributed by atoms with Crippen LogP contribution in [0.15, 0.2) is 30.3 Å². The van der Waals surface area contributed by atoms with E-state index in [-0.39, 0.29) is 5.75 Å². The highest BCUT2D eigenvalue weighted by atomic mass is 19.3. The van der Waals surface area contributed by atoms with Gasteiger partial charge in [0.05, 0.1) is 0 Å². The second-order valence-corrected chi connectivity index (χ2v) is 2.32. The van der Waals surface area contributed by atoms with E-state index >= 15 is 0 Å². The first-order valence-electron chi connectivity index (χ1n) is 3.52. The Morgan fingerprint density at radius 1 is 1.54 bits per heavy atom. The van der Waals surface area contributed by atoms with Gasteiger partial charge in [-0.05, 0) is 23.8 Å². The van der Waals surface area contributed by atoms with Crippen molar-refractivity contribution >= 4 is 12.0 Å². The van der Waals surface area contributed by atoms with Crippen LogP contribution in [0.1, 0.15) is 5.56 Å². The summed E-state index contributed by atoms with van der Waals surface area (Å²) in [6.45, 7) is 0. The molecule has 1 N–H and O–H groups in total. The Morgan fingerprint density at radius 2 is 2.31 bits per heavy atom. The van der Waals surface area contributed by atoms with Crippen molar-refractivity contribution in [3.8, 4) is 5.75 Å². The molecule has 0 saturated heterocycles. The van der Waals surface area contributed by atoms with Crippen molar-refractivity contribution in [3.05, 3.63) is 35.9 Å². The number of hydrogen-bond donors (Lipinski definition) is 1. The molecule has 0 aliphatic carbocycles. The smallest absolute Gasteiger partial charge is 0.372 e. The maximum Gasteiger partial charge on any atom is 0.372 e. The van der Waals surface area contributed by atoms with Gasteiger partial charge in [-0.1, -0.05) is 12.1 Å². The Morgan fingerprint density at radius 3 is 2.92 bits per heavy atom. The zero-order chi connectivity index (χ0) is 9.68. The number of carbonyl (C=O) groups excluding carboxylic acids is 1. The highest BCUT2D eigenvalue weighted by Gasteiger charge is 1.95. The van der Waals surface area contributed by atoms with E-state index in [4.69, 9.17) is 5.11 Å². The summed E-state index contributed by atoms with van der Waals surface area (Å²) in [4.78, 5) is 13.2. The van der Waals surface area contributed by atoms with Crippen molar-refractivity contribution < 1.29 is 19.4 Å². The first-order valence-corrected chi connectivity index (χ1v) is 3.52. The van der Waals surface area contributed by atoms with E-state index < -0.39 is 5.97 Å². The summed E-state index contributed by atoms with van der Waals surface area (Å²) >= 11 is 0. The van der Waals surface area contributed by atoms with Crippen LogP contribution in [0.5, 0.6) is 5.75 Å². The summed E-state index contributed by atoms with van der Waals surface area (Å²) in [5.74, 6) is -1.00. The molecule has 0 aliphatic heterocycles. The highest BCUT2D eigenvalue weighted by Crippen LogP contribution is 2.11. The minimum atomic E-state index is -1.08. The number of phenols is 1. The maximum atomic E-state index is 11.2. The molecule has 0 spiro atoms. The van der Waals surface area contributed by atoms with Crippen LogP contribution in [0, 0.1) is 0 Å². The predicted octanol–water partition coefficient (Wildman–Crippen LogP) is 1.83. The Balaban J connectivity index is 2.74. The van der Waals surface area contributed by atoms with E-state index in [0.29, 0.717) is 5.56 Å². The molecule has 0 heterocycles. The standard InChI is InChI=1S/C9H7FO3/c10-13-9(12)5-4-7-2-1-3-8(11)6-7/h1-6,11H/b5-4+. The van der Waals surface area contributed by atoms with Crippen molar-refractivity contribution in [1.82, 2.24) is 0 Å². The molecule has 0 bridgehead atoms. The first kappa shape index (κ1) is 9.25. The van der Waals surface area contributed by atoms with E-state index in [0.717, 1.165) is 6.08 Å². The monoisotopic (exact) mass is 182 g/mol. The van der Waals surface area contributed by atoms with Gasteiger partial charge in [-0.3, -0.25) is 4.94 Å². The van der Waals surface area contributed by atoms with Gasteiger partial charge >= 0.3 is 5.97 Å². The molecule has 3 nitrogen and oxygen atoms in total. The molecule has 68 valence electrons. The fourth-order valence-electron chi connectivity index (χ4n) is 0.818. The molecule has 0 unspecified atom stereocenters. The summed E-state index contributed by atoms with van der Waals surface area (Å²) in [6, 6.07) is 6.18. The Kier molecular flexibility index (Phi) is 3.03. The van der Waals surface area contributed by atoms with Gasteiger partial charge in [0, 0.05) is 10.6 Å². The van der Waals surface area contributed by atoms with Crippen molar-refractivity contribution in [3.63, 3.8) is 0 Å². The molecular formula is C9H7FO3. The van der Waals surface area contributed by atoms with Gasteiger partial charge in [0.2, 0.25) is 0 Å². The molecule has 0 atom stereocenters. The van der Waals surface area contributed by atoms with Crippen molar-refractivity contribution in [2.45, 2.75) is 0 Å². The summed E-state index contributed by atoms with van der Waals surface area (Å²) in [7, 11) is 0. The van der Waals surface area contributed by atoms with Gasteiger partial charge in [0.1, 0.15) is 5.75 Å². The van der Waals surface area contributed by atoms with E-state index in [1.165, 1.54) is 18.2 Å². The average molecular weight is 182 g/mol. The second-order valence-electron chi connectivity index (χ2n) is 2.32. The van der Waals surface area contributed by atoms with Crippen LogP contribution >= 0.6 is 0 Å². The highest BCUT2D eigenvalue weighted by molar-refractivity contribution is 5.86. The normalized spacial score (nSPS) is 10.2. The molecule has 0 amide bonds. The molecule has 1 rings (SSSR count). The lowest BCUT2D eigenvalue weighted by Crippen LogP contribution is -1.89. The summed E-state index contributed by atoms with van der Waals surface area (Å²) in [5.41, 5.74) is 0.588. The lowest BCUT2D eigenvalue weighted by Gasteiger charge is -1.93. The van der Waals surface area contributed by atoms with Crippen LogP contribution in [-0.2, 0) is 9.74 Å². The van der Waals surface area contributed by atoms with Crippen LogP contribution in [0.25, 0.3) is 6.08 Å². The summed E-state index contributed by atoms with van der Waals surface area (Å²) < 4.78 is 11.2. The third-order valence-corrected chi connectivity index (χ3v) is 1.36. The molecule has 0 aliphatic rings. The molecule has 13 heavy (non-hydrogen) atoms. The number of phenolic OH excluding ortho intramolecular Hbond substituents is 1. The molecule has 0 saturated carbocycles. The number of hydrogen-bond acceptors (Lipinski definition) is 3. The van der Waals surface area contributed by atoms with Crippen LogP contribution < -0.4 is 0 Å². The lowest BCUT2D eigenvalue weighted by molar-refractivity contribution is -0.176. The zero-order valence-electron chi connectivity index (χ0n) is 6.61. The van der Waals surface area contributed by atoms with Gasteiger partial charge in [-0.15, -0.1) is 0 Å². The Hall–Kier alpha value is -1.84. The zero-order valence-corrected chi connectivity index (χ0v) is 6.61. The topological polar surface area (TPSA) is 46.5 Å². The van der Waals surface area contributed by atoms with E-state index in [1.807, 2.05) is 0 Å². The molecule has 4 heteroatoms. The van der Waals surface area contributed by atoms with Crippen LogP contribution in [-0.4, -0.2) is 11.1 Å². The van der Waals surface area contributed by atoms with Gasteiger partial charge in [-0.25, -0.2) is 4.79 Å². The fraction of sp³-hybridized carbons (Fsp3) is 0. The van der Waals surface area contributed by atoms with Crippen molar-refractivity contribution in [2.24, 2.45) is 0 Å². The summed E-state index contributed by atoms with van der Waals surface area (Å²) in [6.07, 6.45) is 2.26. The Bertz CT molecular complexity index is 333.